The Labute approximate surface area is 133 Å². The number of ether oxygens (including phenoxy) is 1. The van der Waals surface area contributed by atoms with Gasteiger partial charge in [0.15, 0.2) is 6.54 Å². The molecule has 5 nitrogen and oxygen atoms in total. The number of nitrogens with zero attached hydrogens (tertiary/aromatic N) is 2. The fourth-order valence-corrected chi connectivity index (χ4v) is 3.10. The molecule has 2 N–H and O–H groups in total. The lowest BCUT2D eigenvalue weighted by Gasteiger charge is -2.15. The van der Waals surface area contributed by atoms with Crippen LogP contribution in [0.25, 0.3) is 0 Å². The van der Waals surface area contributed by atoms with E-state index < -0.39 is 0 Å². The molecule has 1 aromatic rings. The number of carbonyl (C=O) groups excluding carboxylic acids is 1. The lowest BCUT2D eigenvalue weighted by molar-refractivity contribution is -0.509. The molecule has 0 fully saturated rings. The number of guanidine groups is 1. The van der Waals surface area contributed by atoms with Crippen LogP contribution in [-0.2, 0) is 9.53 Å². The fourth-order valence-electron chi connectivity index (χ4n) is 2.41. The topological polar surface area (TPSA) is 58.6 Å². The quantitative estimate of drug-likeness (QED) is 0.677. The number of benzene rings is 1. The van der Waals surface area contributed by atoms with Crippen molar-refractivity contribution in [1.29, 1.82) is 0 Å². The zero-order chi connectivity index (χ0) is 15.6. The van der Waals surface area contributed by atoms with Crippen LogP contribution in [0.4, 0.5) is 5.69 Å². The van der Waals surface area contributed by atoms with Gasteiger partial charge in [0.05, 0.1) is 18.2 Å². The van der Waals surface area contributed by atoms with Crippen molar-refractivity contribution in [2.75, 3.05) is 31.1 Å². The summed E-state index contributed by atoms with van der Waals surface area (Å²) in [6, 6.07) is 3.52. The lowest BCUT2D eigenvalue weighted by atomic mass is 10.2. The van der Waals surface area contributed by atoms with Crippen molar-refractivity contribution < 1.29 is 14.1 Å². The summed E-state index contributed by atoms with van der Waals surface area (Å²) >= 11 is 12.3. The first kappa shape index (κ1) is 15.9. The number of nitrogens with two attached hydrogens (primary N) is 1. The summed E-state index contributed by atoms with van der Waals surface area (Å²) < 4.78 is 6.72. The predicted molar refractivity (Wildman–Crippen MR) is 84.4 cm³/mol. The molecule has 1 heterocycles. The van der Waals surface area contributed by atoms with Crippen LogP contribution in [-0.4, -0.2) is 42.7 Å². The minimum atomic E-state index is -0.291. The van der Waals surface area contributed by atoms with Crippen LogP contribution < -0.4 is 10.6 Å². The van der Waals surface area contributed by atoms with Crippen molar-refractivity contribution in [3.63, 3.8) is 0 Å². The SMILES string of the molecule is CCOC(=O)C[N+]1=C(N)N(c2c(C)cc(Cl)cc2Cl)CC1. The average Bonchev–Trinajstić information content (AvgIpc) is 2.71. The van der Waals surface area contributed by atoms with E-state index in [9.17, 15) is 4.79 Å². The van der Waals surface area contributed by atoms with Crippen molar-refractivity contribution in [2.45, 2.75) is 13.8 Å². The van der Waals surface area contributed by atoms with Gasteiger partial charge in [0, 0.05) is 5.02 Å². The average molecular weight is 331 g/mol. The van der Waals surface area contributed by atoms with Gasteiger partial charge < -0.3 is 4.74 Å². The van der Waals surface area contributed by atoms with Crippen LogP contribution in [0.5, 0.6) is 0 Å². The Hall–Kier alpha value is -1.46. The standard InChI is InChI=1S/C14H17Cl2N3O2/c1-3-21-12(20)8-18-4-5-19(14(18)17)13-9(2)6-10(15)7-11(13)16/h6-7,17H,3-5,8H2,1-2H3/p+1. The molecule has 21 heavy (non-hydrogen) atoms. The predicted octanol–water partition coefficient (Wildman–Crippen LogP) is 2.01. The van der Waals surface area contributed by atoms with E-state index in [0.717, 1.165) is 11.3 Å². The van der Waals surface area contributed by atoms with Gasteiger partial charge in [0.1, 0.15) is 12.2 Å². The molecule has 0 aromatic heterocycles. The molecule has 114 valence electrons. The highest BCUT2D eigenvalue weighted by atomic mass is 35.5. The van der Waals surface area contributed by atoms with Crippen molar-refractivity contribution >= 4 is 40.8 Å². The second kappa shape index (κ2) is 6.54. The summed E-state index contributed by atoms with van der Waals surface area (Å²) in [5.41, 5.74) is 7.91. The molecule has 0 saturated carbocycles. The summed E-state index contributed by atoms with van der Waals surface area (Å²) in [6.45, 7) is 5.50. The number of rotatable bonds is 4. The molecule has 0 amide bonds. The van der Waals surface area contributed by atoms with Crippen LogP contribution in [0.2, 0.25) is 10.0 Å². The van der Waals surface area contributed by atoms with Gasteiger partial charge in [0.25, 0.3) is 0 Å². The third kappa shape index (κ3) is 3.41. The van der Waals surface area contributed by atoms with E-state index >= 15 is 0 Å². The number of hydrogen-bond acceptors (Lipinski definition) is 4. The van der Waals surface area contributed by atoms with E-state index in [2.05, 4.69) is 0 Å². The number of aryl methyl sites for hydroxylation is 1. The van der Waals surface area contributed by atoms with E-state index in [1.807, 2.05) is 17.9 Å². The number of anilines is 1. The minimum absolute atomic E-state index is 0.139. The molecule has 0 atom stereocenters. The maximum Gasteiger partial charge on any atom is 0.351 e. The van der Waals surface area contributed by atoms with Gasteiger partial charge in [-0.1, -0.05) is 23.2 Å². The van der Waals surface area contributed by atoms with E-state index in [0.29, 0.717) is 35.7 Å². The molecule has 0 radical (unpaired) electrons. The van der Waals surface area contributed by atoms with Crippen LogP contribution in [0.15, 0.2) is 12.1 Å². The summed E-state index contributed by atoms with van der Waals surface area (Å²) in [6.07, 6.45) is 0. The number of esters is 1. The summed E-state index contributed by atoms with van der Waals surface area (Å²) in [5, 5.41) is 1.13. The van der Waals surface area contributed by atoms with E-state index in [1.54, 1.807) is 17.6 Å². The molecular formula is C14H18Cl2N3O2+. The Kier molecular flexibility index (Phi) is 4.96. The molecule has 2 rings (SSSR count). The molecule has 0 bridgehead atoms. The van der Waals surface area contributed by atoms with Crippen LogP contribution in [0.1, 0.15) is 12.5 Å². The zero-order valence-electron chi connectivity index (χ0n) is 12.0. The second-order valence-electron chi connectivity index (χ2n) is 4.79. The molecular weight excluding hydrogens is 313 g/mol. The Morgan fingerprint density at radius 1 is 1.48 bits per heavy atom. The van der Waals surface area contributed by atoms with Gasteiger partial charge in [-0.15, -0.1) is 0 Å². The van der Waals surface area contributed by atoms with Crippen molar-refractivity contribution in [3.8, 4) is 0 Å². The lowest BCUT2D eigenvalue weighted by Crippen LogP contribution is -2.38. The highest BCUT2D eigenvalue weighted by Crippen LogP contribution is 2.33. The van der Waals surface area contributed by atoms with E-state index in [-0.39, 0.29) is 12.5 Å². The molecule has 0 unspecified atom stereocenters. The fraction of sp³-hybridized carbons (Fsp3) is 0.429. The van der Waals surface area contributed by atoms with Gasteiger partial charge >= 0.3 is 11.9 Å². The first-order valence-electron chi connectivity index (χ1n) is 6.70. The third-order valence-corrected chi connectivity index (χ3v) is 3.81. The van der Waals surface area contributed by atoms with Crippen molar-refractivity contribution in [1.82, 2.24) is 0 Å². The summed E-state index contributed by atoms with van der Waals surface area (Å²) in [5.74, 6) is 0.205. The molecule has 0 aliphatic carbocycles. The van der Waals surface area contributed by atoms with Crippen molar-refractivity contribution in [3.05, 3.63) is 27.7 Å². The van der Waals surface area contributed by atoms with Gasteiger partial charge in [-0.25, -0.2) is 9.69 Å². The third-order valence-electron chi connectivity index (χ3n) is 3.31. The normalized spacial score (nSPS) is 14.8. The van der Waals surface area contributed by atoms with Crippen LogP contribution >= 0.6 is 23.2 Å². The minimum Gasteiger partial charge on any atom is -0.464 e. The summed E-state index contributed by atoms with van der Waals surface area (Å²) in [4.78, 5) is 13.5. The maximum absolute atomic E-state index is 11.6. The van der Waals surface area contributed by atoms with Crippen LogP contribution in [0.3, 0.4) is 0 Å². The first-order valence-corrected chi connectivity index (χ1v) is 7.45. The molecule has 1 aromatic carbocycles. The highest BCUT2D eigenvalue weighted by Gasteiger charge is 2.32. The Morgan fingerprint density at radius 2 is 2.19 bits per heavy atom. The Bertz CT molecular complexity index is 579. The number of hydrogen-bond donors (Lipinski definition) is 1. The Morgan fingerprint density at radius 3 is 2.81 bits per heavy atom. The van der Waals surface area contributed by atoms with E-state index in [4.69, 9.17) is 33.7 Å². The maximum atomic E-state index is 11.6. The van der Waals surface area contributed by atoms with Crippen molar-refractivity contribution in [2.24, 2.45) is 5.73 Å². The smallest absolute Gasteiger partial charge is 0.351 e. The largest absolute Gasteiger partial charge is 0.464 e. The second-order valence-corrected chi connectivity index (χ2v) is 5.63. The first-order chi connectivity index (χ1) is 9.93. The number of halogens is 2. The number of carbonyl (C=O) groups is 1. The van der Waals surface area contributed by atoms with Crippen LogP contribution in [0, 0.1) is 6.92 Å². The molecule has 0 saturated heterocycles. The monoisotopic (exact) mass is 330 g/mol. The molecule has 1 aliphatic rings. The van der Waals surface area contributed by atoms with Gasteiger partial charge in [-0.05, 0) is 31.5 Å². The summed E-state index contributed by atoms with van der Waals surface area (Å²) in [7, 11) is 0. The molecule has 0 spiro atoms. The Balaban J connectivity index is 2.27. The van der Waals surface area contributed by atoms with Gasteiger partial charge in [0.2, 0.25) is 0 Å². The molecule has 7 heteroatoms. The molecule has 1 aliphatic heterocycles. The van der Waals surface area contributed by atoms with Gasteiger partial charge in [-0.2, -0.15) is 0 Å². The zero-order valence-corrected chi connectivity index (χ0v) is 13.5. The van der Waals surface area contributed by atoms with Gasteiger partial charge in [-0.3, -0.25) is 10.3 Å². The highest BCUT2D eigenvalue weighted by molar-refractivity contribution is 6.37. The van der Waals surface area contributed by atoms with E-state index in [1.165, 1.54) is 0 Å².